The van der Waals surface area contributed by atoms with Crippen LogP contribution in [0.15, 0.2) is 72.8 Å². The first-order chi connectivity index (χ1) is 12.6. The van der Waals surface area contributed by atoms with Gasteiger partial charge in [0, 0.05) is 0 Å². The van der Waals surface area contributed by atoms with Crippen molar-refractivity contribution < 1.29 is 9.59 Å². The van der Waals surface area contributed by atoms with Crippen molar-refractivity contribution in [3.63, 3.8) is 0 Å². The van der Waals surface area contributed by atoms with Gasteiger partial charge in [0.25, 0.3) is 0 Å². The number of benzene rings is 3. The third kappa shape index (κ3) is 5.50. The van der Waals surface area contributed by atoms with Crippen molar-refractivity contribution in [1.82, 2.24) is 0 Å². The number of isocyanates is 2. The van der Waals surface area contributed by atoms with E-state index >= 15 is 0 Å². The lowest BCUT2D eigenvalue weighted by molar-refractivity contribution is 0.562. The Hall–Kier alpha value is -3.58. The summed E-state index contributed by atoms with van der Waals surface area (Å²) in [7, 11) is 0. The minimum Gasteiger partial charge on any atom is -0.222 e. The summed E-state index contributed by atoms with van der Waals surface area (Å²) in [6.45, 7) is 4.26. The molecule has 0 aromatic heterocycles. The molecule has 0 heterocycles. The van der Waals surface area contributed by atoms with E-state index in [0.29, 0.717) is 0 Å². The molecule has 0 atom stereocenters. The summed E-state index contributed by atoms with van der Waals surface area (Å²) in [6.07, 6.45) is 1.50. The highest BCUT2D eigenvalue weighted by Gasteiger charge is 2.22. The van der Waals surface area contributed by atoms with Gasteiger partial charge in [-0.15, -0.1) is 0 Å². The molecule has 3 aromatic rings. The summed E-state index contributed by atoms with van der Waals surface area (Å²) < 4.78 is 0. The standard InChI is InChI=1S/C13H10.C7H8.2CHNO/c1-9-5-4-8-12-10-6-2-3-7-11(10)13(9)12;1-7-5-3-2-4-6-7;2*2-1-3/h2-8H,1H3;2-6H,1H3;2*2H. The van der Waals surface area contributed by atoms with Gasteiger partial charge in [-0.25, -0.2) is 20.4 Å². The van der Waals surface area contributed by atoms with Gasteiger partial charge in [0.15, 0.2) is 0 Å². The summed E-state index contributed by atoms with van der Waals surface area (Å²) in [5, 5.41) is 10.8. The van der Waals surface area contributed by atoms with Gasteiger partial charge in [0.05, 0.1) is 0 Å². The molecular formula is C22H20N2O2. The monoisotopic (exact) mass is 344 g/mol. The van der Waals surface area contributed by atoms with Crippen LogP contribution in [0.25, 0.3) is 22.3 Å². The van der Waals surface area contributed by atoms with Gasteiger partial charge in [0.2, 0.25) is 12.2 Å². The first kappa shape index (κ1) is 20.5. The highest BCUT2D eigenvalue weighted by atomic mass is 16.1. The maximum atomic E-state index is 8.35. The molecule has 0 saturated carbocycles. The predicted molar refractivity (Wildman–Crippen MR) is 104 cm³/mol. The van der Waals surface area contributed by atoms with E-state index in [-0.39, 0.29) is 0 Å². The molecule has 0 bridgehead atoms. The first-order valence-corrected chi connectivity index (χ1v) is 7.89. The second kappa shape index (κ2) is 11.1. The van der Waals surface area contributed by atoms with Crippen molar-refractivity contribution in [2.75, 3.05) is 0 Å². The third-order valence-electron chi connectivity index (χ3n) is 3.70. The number of aryl methyl sites for hydroxylation is 2. The molecule has 4 nitrogen and oxygen atoms in total. The average Bonchev–Trinajstić information content (AvgIpc) is 2.62. The van der Waals surface area contributed by atoms with Crippen LogP contribution in [-0.2, 0) is 9.59 Å². The zero-order valence-corrected chi connectivity index (χ0v) is 14.7. The minimum atomic E-state index is 0.750. The zero-order chi connectivity index (χ0) is 19.4. The largest absolute Gasteiger partial charge is 0.231 e. The molecule has 1 aliphatic rings. The van der Waals surface area contributed by atoms with Crippen LogP contribution in [0.4, 0.5) is 0 Å². The van der Waals surface area contributed by atoms with Gasteiger partial charge in [-0.3, -0.25) is 0 Å². The molecular weight excluding hydrogens is 324 g/mol. The molecule has 130 valence electrons. The second-order valence-electron chi connectivity index (χ2n) is 5.40. The van der Waals surface area contributed by atoms with Gasteiger partial charge in [-0.1, -0.05) is 78.4 Å². The van der Waals surface area contributed by atoms with Crippen LogP contribution in [0.1, 0.15) is 11.1 Å². The highest BCUT2D eigenvalue weighted by Crippen LogP contribution is 2.48. The van der Waals surface area contributed by atoms with E-state index in [0.717, 1.165) is 12.2 Å². The lowest BCUT2D eigenvalue weighted by Gasteiger charge is -2.25. The molecule has 0 amide bonds. The fourth-order valence-electron chi connectivity index (χ4n) is 2.66. The van der Waals surface area contributed by atoms with Crippen molar-refractivity contribution >= 4 is 12.2 Å². The number of hydrogen-bond acceptors (Lipinski definition) is 4. The van der Waals surface area contributed by atoms with E-state index in [9.17, 15) is 0 Å². The summed E-state index contributed by atoms with van der Waals surface area (Å²) >= 11 is 0. The molecule has 0 unspecified atom stereocenters. The first-order valence-electron chi connectivity index (χ1n) is 7.89. The van der Waals surface area contributed by atoms with E-state index in [1.54, 1.807) is 0 Å². The Morgan fingerprint density at radius 2 is 1.08 bits per heavy atom. The quantitative estimate of drug-likeness (QED) is 0.329. The van der Waals surface area contributed by atoms with Crippen LogP contribution in [0.3, 0.4) is 0 Å². The molecule has 3 aromatic carbocycles. The van der Waals surface area contributed by atoms with Crippen molar-refractivity contribution in [3.8, 4) is 22.3 Å². The van der Waals surface area contributed by atoms with Crippen LogP contribution in [0, 0.1) is 24.7 Å². The minimum absolute atomic E-state index is 0.750. The average molecular weight is 344 g/mol. The molecule has 1 aliphatic carbocycles. The van der Waals surface area contributed by atoms with E-state index < -0.39 is 0 Å². The van der Waals surface area contributed by atoms with Crippen molar-refractivity contribution in [2.45, 2.75) is 13.8 Å². The smallest absolute Gasteiger partial charge is 0.222 e. The SMILES string of the molecule is Cc1cccc2c1-c1ccccc1-2.Cc1ccccc1.N=C=O.N=C=O. The van der Waals surface area contributed by atoms with E-state index in [4.69, 9.17) is 20.4 Å². The van der Waals surface area contributed by atoms with Crippen LogP contribution in [0.2, 0.25) is 0 Å². The molecule has 4 heteroatoms. The Morgan fingerprint density at radius 3 is 1.58 bits per heavy atom. The molecule has 0 aliphatic heterocycles. The second-order valence-corrected chi connectivity index (χ2v) is 5.40. The summed E-state index contributed by atoms with van der Waals surface area (Å²) in [5.74, 6) is 0. The van der Waals surface area contributed by atoms with Crippen molar-refractivity contribution in [2.24, 2.45) is 0 Å². The van der Waals surface area contributed by atoms with Gasteiger partial charge < -0.3 is 0 Å². The lowest BCUT2D eigenvalue weighted by Crippen LogP contribution is -1.99. The van der Waals surface area contributed by atoms with E-state index in [2.05, 4.69) is 68.4 Å². The number of rotatable bonds is 0. The van der Waals surface area contributed by atoms with Crippen LogP contribution < -0.4 is 0 Å². The maximum Gasteiger partial charge on any atom is 0.231 e. The summed E-state index contributed by atoms with van der Waals surface area (Å²) in [5.41, 5.74) is 8.38. The normalized spacial score (nSPS) is 8.69. The molecule has 0 spiro atoms. The molecule has 0 radical (unpaired) electrons. The Balaban J connectivity index is 0.000000221. The Bertz CT molecular complexity index is 894. The number of hydrogen-bond donors (Lipinski definition) is 2. The zero-order valence-electron chi connectivity index (χ0n) is 14.7. The van der Waals surface area contributed by atoms with Crippen LogP contribution in [0.5, 0.6) is 0 Å². The lowest BCUT2D eigenvalue weighted by atomic mass is 9.78. The predicted octanol–water partition coefficient (Wildman–Crippen LogP) is 5.44. The van der Waals surface area contributed by atoms with E-state index in [1.807, 2.05) is 18.2 Å². The van der Waals surface area contributed by atoms with E-state index in [1.165, 1.54) is 33.4 Å². The number of carbonyl (C=O) groups excluding carboxylic acids is 2. The number of fused-ring (bicyclic) bond motifs is 4. The van der Waals surface area contributed by atoms with Gasteiger partial charge >= 0.3 is 0 Å². The molecule has 0 saturated heterocycles. The van der Waals surface area contributed by atoms with Crippen molar-refractivity contribution in [1.29, 1.82) is 10.8 Å². The molecule has 4 rings (SSSR count). The Labute approximate surface area is 153 Å². The fourth-order valence-corrected chi connectivity index (χ4v) is 2.66. The molecule has 26 heavy (non-hydrogen) atoms. The van der Waals surface area contributed by atoms with Crippen LogP contribution >= 0.6 is 0 Å². The molecule has 0 fully saturated rings. The summed E-state index contributed by atoms with van der Waals surface area (Å²) in [6, 6.07) is 25.4. The van der Waals surface area contributed by atoms with Crippen LogP contribution in [-0.4, -0.2) is 12.2 Å². The molecule has 2 N–H and O–H groups in total. The third-order valence-corrected chi connectivity index (χ3v) is 3.70. The Kier molecular flexibility index (Phi) is 8.70. The van der Waals surface area contributed by atoms with Crippen molar-refractivity contribution in [3.05, 3.63) is 83.9 Å². The highest BCUT2D eigenvalue weighted by molar-refractivity contribution is 6.03. The van der Waals surface area contributed by atoms with Gasteiger partial charge in [-0.05, 0) is 41.7 Å². The summed E-state index contributed by atoms with van der Waals surface area (Å²) in [4.78, 5) is 16.7. The maximum absolute atomic E-state index is 8.35. The fraction of sp³-hybridized carbons (Fsp3) is 0.0909. The van der Waals surface area contributed by atoms with Gasteiger partial charge in [0.1, 0.15) is 0 Å². The Morgan fingerprint density at radius 1 is 0.615 bits per heavy atom. The number of nitrogens with one attached hydrogen (secondary N) is 2. The van der Waals surface area contributed by atoms with Gasteiger partial charge in [-0.2, -0.15) is 0 Å². The topological polar surface area (TPSA) is 81.8 Å².